The Morgan fingerprint density at radius 1 is 1.14 bits per heavy atom. The highest BCUT2D eigenvalue weighted by molar-refractivity contribution is 8.01. The van der Waals surface area contributed by atoms with Crippen LogP contribution in [-0.2, 0) is 4.79 Å². The predicted octanol–water partition coefficient (Wildman–Crippen LogP) is 4.86. The molecule has 3 rings (SSSR count). The van der Waals surface area contributed by atoms with Crippen molar-refractivity contribution in [3.8, 4) is 0 Å². The Hall–Kier alpha value is -1.23. The second kappa shape index (κ2) is 6.11. The summed E-state index contributed by atoms with van der Waals surface area (Å²) >= 11 is 14.2. The van der Waals surface area contributed by atoms with E-state index in [4.69, 9.17) is 23.2 Å². The average Bonchev–Trinajstić information content (AvgIpc) is 2.74. The number of aromatic nitrogens is 1. The van der Waals surface area contributed by atoms with E-state index in [1.165, 1.54) is 11.8 Å². The first-order valence-electron chi connectivity index (χ1n) is 6.85. The molecular formula is C16H14Cl2N2OS. The molecular weight excluding hydrogens is 339 g/mol. The van der Waals surface area contributed by atoms with Crippen LogP contribution in [0.2, 0.25) is 10.0 Å². The van der Waals surface area contributed by atoms with Crippen LogP contribution in [0.4, 0.5) is 5.82 Å². The summed E-state index contributed by atoms with van der Waals surface area (Å²) in [5, 5.41) is 0.687. The Balaban J connectivity index is 2.11. The van der Waals surface area contributed by atoms with Crippen molar-refractivity contribution in [1.82, 2.24) is 4.98 Å². The van der Waals surface area contributed by atoms with Crippen molar-refractivity contribution in [1.29, 1.82) is 0 Å². The van der Waals surface area contributed by atoms with Gasteiger partial charge >= 0.3 is 0 Å². The lowest BCUT2D eigenvalue weighted by Gasteiger charge is -2.25. The maximum Gasteiger partial charge on any atom is 0.242 e. The van der Waals surface area contributed by atoms with Gasteiger partial charge in [-0.1, -0.05) is 35.3 Å². The van der Waals surface area contributed by atoms with Crippen LogP contribution in [0.1, 0.15) is 23.6 Å². The van der Waals surface area contributed by atoms with Crippen LogP contribution in [0, 0.1) is 6.92 Å². The number of thioether (sulfide) groups is 1. The van der Waals surface area contributed by atoms with Gasteiger partial charge in [0.05, 0.1) is 5.25 Å². The van der Waals surface area contributed by atoms with Crippen molar-refractivity contribution in [2.24, 2.45) is 0 Å². The molecule has 0 saturated carbocycles. The molecule has 0 bridgehead atoms. The lowest BCUT2D eigenvalue weighted by Crippen LogP contribution is -2.31. The Kier molecular flexibility index (Phi) is 4.35. The van der Waals surface area contributed by atoms with E-state index in [0.717, 1.165) is 11.3 Å². The molecule has 1 aromatic heterocycles. The summed E-state index contributed by atoms with van der Waals surface area (Å²) in [5.41, 5.74) is 1.62. The summed E-state index contributed by atoms with van der Waals surface area (Å²) in [6, 6.07) is 11.0. The monoisotopic (exact) mass is 352 g/mol. The highest BCUT2D eigenvalue weighted by atomic mass is 35.5. The fraction of sp³-hybridized carbons (Fsp3) is 0.250. The summed E-state index contributed by atoms with van der Waals surface area (Å²) in [7, 11) is 0. The van der Waals surface area contributed by atoms with E-state index in [1.807, 2.05) is 32.0 Å². The fourth-order valence-electron chi connectivity index (χ4n) is 2.46. The van der Waals surface area contributed by atoms with Crippen LogP contribution in [0.15, 0.2) is 36.4 Å². The number of carbonyl (C=O) groups excluding carboxylic acids is 1. The van der Waals surface area contributed by atoms with Gasteiger partial charge in [-0.05, 0) is 38.1 Å². The standard InChI is InChI=1S/C16H14Cl2N2OS/c1-9-5-3-8-13(19-9)20-15(21)10(2)22-16(20)14-11(17)6-4-7-12(14)18/h3-8,10,16H,1-2H3/t10-,16+/m1/s1. The van der Waals surface area contributed by atoms with E-state index >= 15 is 0 Å². The van der Waals surface area contributed by atoms with E-state index in [2.05, 4.69) is 4.98 Å². The Morgan fingerprint density at radius 3 is 2.41 bits per heavy atom. The van der Waals surface area contributed by atoms with Gasteiger partial charge < -0.3 is 0 Å². The molecule has 0 N–H and O–H groups in total. The molecule has 6 heteroatoms. The molecule has 1 fully saturated rings. The Bertz CT molecular complexity index is 718. The van der Waals surface area contributed by atoms with Gasteiger partial charge in [0.1, 0.15) is 11.2 Å². The minimum absolute atomic E-state index is 0.0177. The fourth-order valence-corrected chi connectivity index (χ4v) is 4.54. The van der Waals surface area contributed by atoms with Crippen LogP contribution in [0.25, 0.3) is 0 Å². The number of carbonyl (C=O) groups is 1. The van der Waals surface area contributed by atoms with Gasteiger partial charge in [-0.3, -0.25) is 9.69 Å². The quantitative estimate of drug-likeness (QED) is 0.773. The van der Waals surface area contributed by atoms with Gasteiger partial charge in [-0.25, -0.2) is 4.98 Å². The SMILES string of the molecule is Cc1cccc(N2C(=O)[C@@H](C)S[C@H]2c2c(Cl)cccc2Cl)n1. The first kappa shape index (κ1) is 15.7. The molecule has 3 nitrogen and oxygen atoms in total. The number of halogens is 2. The van der Waals surface area contributed by atoms with Crippen LogP contribution in [0.5, 0.6) is 0 Å². The van der Waals surface area contributed by atoms with E-state index in [-0.39, 0.29) is 16.5 Å². The number of anilines is 1. The van der Waals surface area contributed by atoms with Crippen LogP contribution < -0.4 is 4.90 Å². The van der Waals surface area contributed by atoms with Crippen molar-refractivity contribution in [3.05, 3.63) is 57.7 Å². The zero-order valence-electron chi connectivity index (χ0n) is 12.1. The number of aryl methyl sites for hydroxylation is 1. The molecule has 2 atom stereocenters. The minimum atomic E-state index is -0.266. The zero-order chi connectivity index (χ0) is 15.9. The largest absolute Gasteiger partial charge is 0.279 e. The van der Waals surface area contributed by atoms with Crippen LogP contribution in [0.3, 0.4) is 0 Å². The average molecular weight is 353 g/mol. The molecule has 1 aliphatic heterocycles. The zero-order valence-corrected chi connectivity index (χ0v) is 14.4. The lowest BCUT2D eigenvalue weighted by molar-refractivity contribution is -0.117. The molecule has 2 heterocycles. The number of nitrogens with zero attached hydrogens (tertiary/aromatic N) is 2. The smallest absolute Gasteiger partial charge is 0.242 e. The molecule has 1 amide bonds. The van der Waals surface area contributed by atoms with Crippen molar-refractivity contribution >= 4 is 46.7 Å². The topological polar surface area (TPSA) is 33.2 Å². The summed E-state index contributed by atoms with van der Waals surface area (Å²) in [4.78, 5) is 18.8. The van der Waals surface area contributed by atoms with Crippen LogP contribution >= 0.6 is 35.0 Å². The van der Waals surface area contributed by atoms with E-state index in [0.29, 0.717) is 15.9 Å². The van der Waals surface area contributed by atoms with Gasteiger partial charge in [0.15, 0.2) is 0 Å². The first-order valence-corrected chi connectivity index (χ1v) is 8.55. The highest BCUT2D eigenvalue weighted by Crippen LogP contribution is 2.48. The molecule has 1 aromatic carbocycles. The normalized spacial score (nSPS) is 21.5. The third-order valence-electron chi connectivity index (χ3n) is 3.52. The molecule has 114 valence electrons. The van der Waals surface area contributed by atoms with Gasteiger partial charge in [0.2, 0.25) is 5.91 Å². The third kappa shape index (κ3) is 2.71. The van der Waals surface area contributed by atoms with Crippen molar-refractivity contribution in [2.45, 2.75) is 24.5 Å². The summed E-state index contributed by atoms with van der Waals surface area (Å²) in [5.74, 6) is 0.645. The van der Waals surface area contributed by atoms with Gasteiger partial charge in [-0.15, -0.1) is 11.8 Å². The molecule has 1 saturated heterocycles. The number of rotatable bonds is 2. The van der Waals surface area contributed by atoms with Crippen molar-refractivity contribution in [2.75, 3.05) is 4.90 Å². The second-order valence-electron chi connectivity index (χ2n) is 5.11. The van der Waals surface area contributed by atoms with Gasteiger partial charge in [-0.2, -0.15) is 0 Å². The summed E-state index contributed by atoms with van der Waals surface area (Å²) in [6.07, 6.45) is 0. The molecule has 0 spiro atoms. The maximum atomic E-state index is 12.6. The number of hydrogen-bond acceptors (Lipinski definition) is 3. The van der Waals surface area contributed by atoms with Crippen LogP contribution in [-0.4, -0.2) is 16.1 Å². The molecule has 0 radical (unpaired) electrons. The number of amides is 1. The van der Waals surface area contributed by atoms with Gasteiger partial charge in [0.25, 0.3) is 0 Å². The molecule has 0 unspecified atom stereocenters. The van der Waals surface area contributed by atoms with Gasteiger partial charge in [0, 0.05) is 21.3 Å². The highest BCUT2D eigenvalue weighted by Gasteiger charge is 2.41. The third-order valence-corrected chi connectivity index (χ3v) is 5.49. The lowest BCUT2D eigenvalue weighted by atomic mass is 10.2. The van der Waals surface area contributed by atoms with E-state index in [9.17, 15) is 4.79 Å². The number of hydrogen-bond donors (Lipinski definition) is 0. The van der Waals surface area contributed by atoms with E-state index < -0.39 is 0 Å². The first-order chi connectivity index (χ1) is 10.5. The van der Waals surface area contributed by atoms with Crippen molar-refractivity contribution in [3.63, 3.8) is 0 Å². The number of pyridine rings is 1. The van der Waals surface area contributed by atoms with E-state index in [1.54, 1.807) is 23.1 Å². The summed E-state index contributed by atoms with van der Waals surface area (Å²) in [6.45, 7) is 3.79. The molecule has 1 aliphatic rings. The molecule has 22 heavy (non-hydrogen) atoms. The Labute approximate surface area is 143 Å². The minimum Gasteiger partial charge on any atom is -0.279 e. The van der Waals surface area contributed by atoms with Crippen molar-refractivity contribution < 1.29 is 4.79 Å². The molecule has 0 aliphatic carbocycles. The maximum absolute atomic E-state index is 12.6. The summed E-state index contributed by atoms with van der Waals surface area (Å²) < 4.78 is 0. The second-order valence-corrected chi connectivity index (χ2v) is 7.35. The number of benzene rings is 1. The molecule has 2 aromatic rings. The predicted molar refractivity (Wildman–Crippen MR) is 92.7 cm³/mol. The Morgan fingerprint density at radius 2 is 1.77 bits per heavy atom.